The Morgan fingerprint density at radius 3 is 2.52 bits per heavy atom. The van der Waals surface area contributed by atoms with Gasteiger partial charge in [0, 0.05) is 36.7 Å². The summed E-state index contributed by atoms with van der Waals surface area (Å²) in [5.41, 5.74) is 2.24. The van der Waals surface area contributed by atoms with Gasteiger partial charge in [-0.2, -0.15) is 5.10 Å². The average Bonchev–Trinajstić information content (AvgIpc) is 3.29. The molecule has 1 N–H and O–H groups in total. The Labute approximate surface area is 176 Å². The van der Waals surface area contributed by atoms with Crippen molar-refractivity contribution in [1.29, 1.82) is 0 Å². The molecule has 1 saturated heterocycles. The first-order valence-electron chi connectivity index (χ1n) is 9.64. The molecule has 0 aliphatic carbocycles. The van der Waals surface area contributed by atoms with E-state index < -0.39 is 23.8 Å². The van der Waals surface area contributed by atoms with E-state index in [4.69, 9.17) is 0 Å². The minimum atomic E-state index is -1.22. The number of carbonyl (C=O) groups excluding carboxylic acids is 3. The van der Waals surface area contributed by atoms with Gasteiger partial charge in [-0.3, -0.25) is 24.0 Å². The molecule has 158 valence electrons. The fourth-order valence-electron chi connectivity index (χ4n) is 3.72. The molecule has 1 atom stereocenters. The monoisotopic (exact) mass is 421 g/mol. The van der Waals surface area contributed by atoms with Crippen molar-refractivity contribution in [3.63, 3.8) is 0 Å². The van der Waals surface area contributed by atoms with Crippen LogP contribution >= 0.6 is 0 Å². The van der Waals surface area contributed by atoms with Gasteiger partial charge in [0.2, 0.25) is 5.91 Å². The van der Waals surface area contributed by atoms with Gasteiger partial charge < -0.3 is 5.11 Å². The zero-order valence-corrected chi connectivity index (χ0v) is 16.9. The zero-order chi connectivity index (χ0) is 22.3. The number of carboxylic acid groups (broad SMARTS) is 1. The molecule has 4 rings (SSSR count). The lowest BCUT2D eigenvalue weighted by molar-refractivity contribution is -0.154. The minimum Gasteiger partial charge on any atom is -0.480 e. The number of ketones is 1. The number of hydrogen-bond donors (Lipinski definition) is 1. The summed E-state index contributed by atoms with van der Waals surface area (Å²) in [5, 5.41) is 14.1. The van der Waals surface area contributed by atoms with Gasteiger partial charge in [-0.15, -0.1) is 0 Å². The Bertz CT molecular complexity index is 1230. The van der Waals surface area contributed by atoms with Crippen LogP contribution < -0.4 is 0 Å². The molecule has 2 amide bonds. The van der Waals surface area contributed by atoms with E-state index in [1.165, 1.54) is 11.6 Å². The SMILES string of the molecule is CC(=O)c1nn(CC(=O)N2C(=O)CCC2C(=O)O)c2ccc(-c3cnc(C)nc3)cc12. The van der Waals surface area contributed by atoms with Crippen molar-refractivity contribution in [3.8, 4) is 11.1 Å². The molecule has 31 heavy (non-hydrogen) atoms. The lowest BCUT2D eigenvalue weighted by Crippen LogP contribution is -2.44. The molecule has 2 aromatic heterocycles. The summed E-state index contributed by atoms with van der Waals surface area (Å²) < 4.78 is 1.33. The molecule has 0 radical (unpaired) electrons. The van der Waals surface area contributed by atoms with E-state index in [9.17, 15) is 24.3 Å². The second-order valence-electron chi connectivity index (χ2n) is 7.36. The average molecular weight is 421 g/mol. The van der Waals surface area contributed by atoms with Crippen LogP contribution in [0, 0.1) is 6.92 Å². The minimum absolute atomic E-state index is 0.00321. The van der Waals surface area contributed by atoms with E-state index in [2.05, 4.69) is 15.1 Å². The fourth-order valence-corrected chi connectivity index (χ4v) is 3.72. The van der Waals surface area contributed by atoms with Gasteiger partial charge in [-0.05, 0) is 31.0 Å². The number of likely N-dealkylation sites (tertiary alicyclic amines) is 1. The number of carbonyl (C=O) groups is 4. The van der Waals surface area contributed by atoms with E-state index in [0.717, 1.165) is 16.0 Å². The number of Topliss-reactive ketones (excluding diaryl/α,β-unsaturated/α-hetero) is 1. The number of carboxylic acids is 1. The summed E-state index contributed by atoms with van der Waals surface area (Å²) in [6, 6.07) is 4.11. The van der Waals surface area contributed by atoms with Crippen LogP contribution in [0.3, 0.4) is 0 Å². The Morgan fingerprint density at radius 1 is 1.16 bits per heavy atom. The highest BCUT2D eigenvalue weighted by Gasteiger charge is 2.40. The number of benzene rings is 1. The standard InChI is InChI=1S/C21H19N5O5/c1-11(27)20-15-7-13(14-8-22-12(2)23-9-14)3-4-16(15)25(24-20)10-19(29)26-17(21(30)31)5-6-18(26)28/h3-4,7-9,17H,5-6,10H2,1-2H3,(H,30,31). The lowest BCUT2D eigenvalue weighted by atomic mass is 10.0. The maximum absolute atomic E-state index is 12.8. The number of aliphatic carboxylic acids is 1. The van der Waals surface area contributed by atoms with Crippen LogP contribution in [-0.2, 0) is 20.9 Å². The second kappa shape index (κ2) is 7.71. The van der Waals surface area contributed by atoms with E-state index in [0.29, 0.717) is 16.7 Å². The molecule has 1 aliphatic rings. The van der Waals surface area contributed by atoms with Crippen LogP contribution in [-0.4, -0.2) is 59.4 Å². The van der Waals surface area contributed by atoms with Gasteiger partial charge in [-0.1, -0.05) is 6.07 Å². The number of rotatable bonds is 5. The molecule has 10 nitrogen and oxygen atoms in total. The summed E-state index contributed by atoms with van der Waals surface area (Å²) in [5.74, 6) is -2.07. The van der Waals surface area contributed by atoms with Crippen molar-refractivity contribution in [2.24, 2.45) is 0 Å². The Kier molecular flexibility index (Phi) is 5.05. The van der Waals surface area contributed by atoms with Gasteiger partial charge in [0.25, 0.3) is 5.91 Å². The van der Waals surface area contributed by atoms with Crippen molar-refractivity contribution in [3.05, 3.63) is 42.1 Å². The van der Waals surface area contributed by atoms with Gasteiger partial charge >= 0.3 is 5.97 Å². The molecule has 1 aromatic carbocycles. The fraction of sp³-hybridized carbons (Fsp3) is 0.286. The van der Waals surface area contributed by atoms with Gasteiger partial charge in [-0.25, -0.2) is 14.8 Å². The van der Waals surface area contributed by atoms with Gasteiger partial charge in [0.15, 0.2) is 5.78 Å². The van der Waals surface area contributed by atoms with Crippen LogP contribution in [0.15, 0.2) is 30.6 Å². The van der Waals surface area contributed by atoms with Crippen LogP contribution in [0.25, 0.3) is 22.0 Å². The highest BCUT2D eigenvalue weighted by atomic mass is 16.4. The van der Waals surface area contributed by atoms with E-state index in [-0.39, 0.29) is 30.9 Å². The maximum Gasteiger partial charge on any atom is 0.326 e. The summed E-state index contributed by atoms with van der Waals surface area (Å²) >= 11 is 0. The van der Waals surface area contributed by atoms with Gasteiger partial charge in [0.1, 0.15) is 24.1 Å². The Hall–Kier alpha value is -3.95. The van der Waals surface area contributed by atoms with Crippen molar-refractivity contribution in [2.45, 2.75) is 39.3 Å². The van der Waals surface area contributed by atoms with Crippen LogP contribution in [0.5, 0.6) is 0 Å². The summed E-state index contributed by atoms with van der Waals surface area (Å²) in [7, 11) is 0. The third-order valence-electron chi connectivity index (χ3n) is 5.25. The second-order valence-corrected chi connectivity index (χ2v) is 7.36. The first kappa shape index (κ1) is 20.3. The van der Waals surface area contributed by atoms with Gasteiger partial charge in [0.05, 0.1) is 5.52 Å². The van der Waals surface area contributed by atoms with E-state index in [1.807, 2.05) is 0 Å². The molecule has 3 aromatic rings. The number of imide groups is 1. The van der Waals surface area contributed by atoms with Crippen molar-refractivity contribution < 1.29 is 24.3 Å². The summed E-state index contributed by atoms with van der Waals surface area (Å²) in [6.07, 6.45) is 3.44. The molecule has 1 aliphatic heterocycles. The first-order valence-corrected chi connectivity index (χ1v) is 9.64. The third-order valence-corrected chi connectivity index (χ3v) is 5.25. The van der Waals surface area contributed by atoms with Crippen molar-refractivity contribution in [1.82, 2.24) is 24.6 Å². The topological polar surface area (TPSA) is 135 Å². The predicted molar refractivity (Wildman–Crippen MR) is 108 cm³/mol. The number of aromatic nitrogens is 4. The number of aryl methyl sites for hydroxylation is 1. The molecule has 0 bridgehead atoms. The van der Waals surface area contributed by atoms with Crippen LogP contribution in [0.2, 0.25) is 0 Å². The third kappa shape index (κ3) is 3.67. The molecule has 0 saturated carbocycles. The van der Waals surface area contributed by atoms with Crippen LogP contribution in [0.4, 0.5) is 0 Å². The predicted octanol–water partition coefficient (Wildman–Crippen LogP) is 1.61. The summed E-state index contributed by atoms with van der Waals surface area (Å²) in [4.78, 5) is 57.5. The molecular weight excluding hydrogens is 402 g/mol. The highest BCUT2D eigenvalue weighted by Crippen LogP contribution is 2.27. The molecular formula is C21H19N5O5. The van der Waals surface area contributed by atoms with E-state index >= 15 is 0 Å². The quantitative estimate of drug-likeness (QED) is 0.614. The van der Waals surface area contributed by atoms with Crippen LogP contribution in [0.1, 0.15) is 36.1 Å². The molecule has 3 heterocycles. The lowest BCUT2D eigenvalue weighted by Gasteiger charge is -2.19. The van der Waals surface area contributed by atoms with Crippen molar-refractivity contribution in [2.75, 3.05) is 0 Å². The maximum atomic E-state index is 12.8. The summed E-state index contributed by atoms with van der Waals surface area (Å²) in [6.45, 7) is 2.80. The number of hydrogen-bond acceptors (Lipinski definition) is 7. The molecule has 1 unspecified atom stereocenters. The molecule has 10 heteroatoms. The zero-order valence-electron chi connectivity index (χ0n) is 16.9. The highest BCUT2D eigenvalue weighted by molar-refractivity contribution is 6.06. The number of nitrogens with zero attached hydrogens (tertiary/aromatic N) is 5. The van der Waals surface area contributed by atoms with E-state index in [1.54, 1.807) is 37.5 Å². The first-order chi connectivity index (χ1) is 14.8. The molecule has 0 spiro atoms. The van der Waals surface area contributed by atoms with Crippen molar-refractivity contribution >= 4 is 34.5 Å². The smallest absolute Gasteiger partial charge is 0.326 e. The number of amides is 2. The molecule has 1 fully saturated rings. The normalized spacial score (nSPS) is 16.1. The number of fused-ring (bicyclic) bond motifs is 1. The Morgan fingerprint density at radius 2 is 1.87 bits per heavy atom. The largest absolute Gasteiger partial charge is 0.480 e. The Balaban J connectivity index is 1.72.